The third-order valence-electron chi connectivity index (χ3n) is 2.68. The number of ketones is 1. The van der Waals surface area contributed by atoms with E-state index in [0.717, 1.165) is 24.0 Å². The average Bonchev–Trinajstić information content (AvgIpc) is 2.27. The Bertz CT molecular complexity index is 407. The maximum absolute atomic E-state index is 11.7. The fraction of sp³-hybridized carbons (Fsp3) is 0.308. The SMILES string of the molecule is O=C1CCCc2ccc(C=CCCl)cc21. The Kier molecular flexibility index (Phi) is 3.22. The number of allylic oxidation sites excluding steroid dienone is 1. The van der Waals surface area contributed by atoms with Gasteiger partial charge >= 0.3 is 0 Å². The van der Waals surface area contributed by atoms with Crippen molar-refractivity contribution >= 4 is 23.5 Å². The van der Waals surface area contributed by atoms with Crippen LogP contribution >= 0.6 is 11.6 Å². The van der Waals surface area contributed by atoms with Crippen LogP contribution in [0.2, 0.25) is 0 Å². The van der Waals surface area contributed by atoms with Crippen molar-refractivity contribution in [2.24, 2.45) is 0 Å². The zero-order valence-corrected chi connectivity index (χ0v) is 9.26. The highest BCUT2D eigenvalue weighted by Crippen LogP contribution is 2.22. The highest BCUT2D eigenvalue weighted by atomic mass is 35.5. The van der Waals surface area contributed by atoms with Crippen LogP contribution in [0.25, 0.3) is 6.08 Å². The molecule has 0 aromatic heterocycles. The largest absolute Gasteiger partial charge is 0.294 e. The summed E-state index contributed by atoms with van der Waals surface area (Å²) < 4.78 is 0. The third-order valence-corrected chi connectivity index (χ3v) is 2.86. The molecule has 0 atom stereocenters. The number of aryl methyl sites for hydroxylation is 1. The van der Waals surface area contributed by atoms with E-state index in [-0.39, 0.29) is 5.78 Å². The van der Waals surface area contributed by atoms with Gasteiger partial charge in [-0.25, -0.2) is 0 Å². The molecule has 0 unspecified atom stereocenters. The molecule has 78 valence electrons. The maximum atomic E-state index is 11.7. The van der Waals surface area contributed by atoms with Gasteiger partial charge in [-0.3, -0.25) is 4.79 Å². The normalized spacial score (nSPS) is 15.7. The molecule has 2 heteroatoms. The molecule has 2 rings (SSSR count). The van der Waals surface area contributed by atoms with Gasteiger partial charge in [-0.15, -0.1) is 11.6 Å². The van der Waals surface area contributed by atoms with Crippen molar-refractivity contribution in [3.05, 3.63) is 41.0 Å². The molecule has 0 aliphatic heterocycles. The highest BCUT2D eigenvalue weighted by molar-refractivity contribution is 6.19. The first-order valence-corrected chi connectivity index (χ1v) is 5.73. The molecule has 0 radical (unpaired) electrons. The lowest BCUT2D eigenvalue weighted by Gasteiger charge is -2.14. The number of halogens is 1. The van der Waals surface area contributed by atoms with Crippen LogP contribution in [-0.2, 0) is 6.42 Å². The van der Waals surface area contributed by atoms with Gasteiger partial charge in [0.15, 0.2) is 5.78 Å². The van der Waals surface area contributed by atoms with E-state index in [9.17, 15) is 4.79 Å². The summed E-state index contributed by atoms with van der Waals surface area (Å²) in [6, 6.07) is 6.07. The summed E-state index contributed by atoms with van der Waals surface area (Å²) in [5, 5.41) is 0. The Morgan fingerprint density at radius 2 is 2.20 bits per heavy atom. The summed E-state index contributed by atoms with van der Waals surface area (Å²) in [5.74, 6) is 0.780. The van der Waals surface area contributed by atoms with Crippen LogP contribution in [0.4, 0.5) is 0 Å². The lowest BCUT2D eigenvalue weighted by Crippen LogP contribution is -2.10. The van der Waals surface area contributed by atoms with E-state index in [1.807, 2.05) is 24.3 Å². The number of alkyl halides is 1. The molecule has 1 nitrogen and oxygen atoms in total. The molecule has 0 amide bonds. The molecule has 1 aromatic rings. The zero-order valence-electron chi connectivity index (χ0n) is 8.50. The van der Waals surface area contributed by atoms with Crippen molar-refractivity contribution in [1.29, 1.82) is 0 Å². The van der Waals surface area contributed by atoms with E-state index < -0.39 is 0 Å². The van der Waals surface area contributed by atoms with Crippen LogP contribution in [0.1, 0.15) is 34.3 Å². The number of carbonyl (C=O) groups excluding carboxylic acids is 1. The van der Waals surface area contributed by atoms with E-state index in [1.54, 1.807) is 0 Å². The minimum Gasteiger partial charge on any atom is -0.294 e. The minimum atomic E-state index is 0.275. The van der Waals surface area contributed by atoms with Gasteiger partial charge in [0.25, 0.3) is 0 Å². The summed E-state index contributed by atoms with van der Waals surface area (Å²) in [6.45, 7) is 0. The second-order valence-corrected chi connectivity index (χ2v) is 4.06. The van der Waals surface area contributed by atoms with Crippen molar-refractivity contribution in [3.63, 3.8) is 0 Å². The summed E-state index contributed by atoms with van der Waals surface area (Å²) >= 11 is 5.57. The topological polar surface area (TPSA) is 17.1 Å². The first-order chi connectivity index (χ1) is 7.31. The summed E-state index contributed by atoms with van der Waals surface area (Å²) in [4.78, 5) is 11.7. The summed E-state index contributed by atoms with van der Waals surface area (Å²) in [7, 11) is 0. The van der Waals surface area contributed by atoms with Crippen molar-refractivity contribution in [3.8, 4) is 0 Å². The van der Waals surface area contributed by atoms with Crippen molar-refractivity contribution in [1.82, 2.24) is 0 Å². The molecule has 0 fully saturated rings. The van der Waals surface area contributed by atoms with Crippen LogP contribution in [0.5, 0.6) is 0 Å². The van der Waals surface area contributed by atoms with Gasteiger partial charge in [0.05, 0.1) is 0 Å². The fourth-order valence-corrected chi connectivity index (χ4v) is 2.02. The van der Waals surface area contributed by atoms with Crippen LogP contribution in [0.3, 0.4) is 0 Å². The Labute approximate surface area is 94.8 Å². The molecule has 1 aromatic carbocycles. The Hall–Kier alpha value is -1.08. The summed E-state index contributed by atoms with van der Waals surface area (Å²) in [6.07, 6.45) is 6.55. The van der Waals surface area contributed by atoms with E-state index in [4.69, 9.17) is 11.6 Å². The Balaban J connectivity index is 2.35. The highest BCUT2D eigenvalue weighted by Gasteiger charge is 2.16. The molecule has 1 aliphatic rings. The van der Waals surface area contributed by atoms with E-state index in [2.05, 4.69) is 6.07 Å². The molecule has 0 heterocycles. The number of rotatable bonds is 2. The molecular formula is C13H13ClO. The number of fused-ring (bicyclic) bond motifs is 1. The van der Waals surface area contributed by atoms with E-state index in [0.29, 0.717) is 12.3 Å². The van der Waals surface area contributed by atoms with Gasteiger partial charge in [-0.05, 0) is 30.0 Å². The molecule has 1 aliphatic carbocycles. The average molecular weight is 221 g/mol. The van der Waals surface area contributed by atoms with Gasteiger partial charge < -0.3 is 0 Å². The molecule has 0 N–H and O–H groups in total. The van der Waals surface area contributed by atoms with Crippen molar-refractivity contribution in [2.45, 2.75) is 19.3 Å². The number of Topliss-reactive ketones (excluding diaryl/α,β-unsaturated/α-hetero) is 1. The number of hydrogen-bond acceptors (Lipinski definition) is 1. The molecule has 15 heavy (non-hydrogen) atoms. The second kappa shape index (κ2) is 4.63. The van der Waals surface area contributed by atoms with Gasteiger partial charge in [0.1, 0.15) is 0 Å². The smallest absolute Gasteiger partial charge is 0.163 e. The number of hydrogen-bond donors (Lipinski definition) is 0. The predicted molar refractivity (Wildman–Crippen MR) is 63.5 cm³/mol. The molecule has 0 spiro atoms. The van der Waals surface area contributed by atoms with Crippen molar-refractivity contribution < 1.29 is 4.79 Å². The van der Waals surface area contributed by atoms with Gasteiger partial charge in [-0.2, -0.15) is 0 Å². The Morgan fingerprint density at radius 1 is 1.33 bits per heavy atom. The quantitative estimate of drug-likeness (QED) is 0.698. The van der Waals surface area contributed by atoms with Gasteiger partial charge in [0, 0.05) is 17.9 Å². The molecule has 0 bridgehead atoms. The fourth-order valence-electron chi connectivity index (χ4n) is 1.93. The van der Waals surface area contributed by atoms with Crippen molar-refractivity contribution in [2.75, 3.05) is 5.88 Å². The first kappa shape index (κ1) is 10.4. The third kappa shape index (κ3) is 2.29. The monoisotopic (exact) mass is 220 g/mol. The molecular weight excluding hydrogens is 208 g/mol. The number of carbonyl (C=O) groups is 1. The van der Waals surface area contributed by atoms with E-state index >= 15 is 0 Å². The van der Waals surface area contributed by atoms with Gasteiger partial charge in [-0.1, -0.05) is 24.3 Å². The lowest BCUT2D eigenvalue weighted by molar-refractivity contribution is 0.0972. The van der Waals surface area contributed by atoms with Crippen LogP contribution in [0.15, 0.2) is 24.3 Å². The summed E-state index contributed by atoms with van der Waals surface area (Å²) in [5.41, 5.74) is 3.15. The minimum absolute atomic E-state index is 0.275. The molecule has 0 saturated carbocycles. The van der Waals surface area contributed by atoms with Crippen LogP contribution < -0.4 is 0 Å². The zero-order chi connectivity index (χ0) is 10.7. The maximum Gasteiger partial charge on any atom is 0.163 e. The lowest BCUT2D eigenvalue weighted by atomic mass is 9.89. The predicted octanol–water partition coefficient (Wildman–Crippen LogP) is 3.46. The molecule has 0 saturated heterocycles. The Morgan fingerprint density at radius 3 is 3.00 bits per heavy atom. The van der Waals surface area contributed by atoms with Gasteiger partial charge in [0.2, 0.25) is 0 Å². The standard InChI is InChI=1S/C13H13ClO/c14-8-2-3-10-6-7-11-4-1-5-13(15)12(11)9-10/h2-3,6-7,9H,1,4-5,8H2. The van der Waals surface area contributed by atoms with Crippen LogP contribution in [-0.4, -0.2) is 11.7 Å². The van der Waals surface area contributed by atoms with E-state index in [1.165, 1.54) is 5.56 Å². The number of benzene rings is 1. The van der Waals surface area contributed by atoms with Crippen LogP contribution in [0, 0.1) is 0 Å². The second-order valence-electron chi connectivity index (χ2n) is 3.75. The first-order valence-electron chi connectivity index (χ1n) is 5.20.